The first-order valence-corrected chi connectivity index (χ1v) is 10.2. The zero-order chi connectivity index (χ0) is 21.9. The molecule has 3 rings (SSSR count). The van der Waals surface area contributed by atoms with Crippen molar-refractivity contribution >= 4 is 21.6 Å². The van der Waals surface area contributed by atoms with Crippen LogP contribution < -0.4 is 4.72 Å². The molecule has 0 saturated carbocycles. The Kier molecular flexibility index (Phi) is 5.92. The number of aryl methyl sites for hydroxylation is 2. The first-order valence-electron chi connectivity index (χ1n) is 8.67. The van der Waals surface area contributed by atoms with Crippen LogP contribution in [0.3, 0.4) is 0 Å². The van der Waals surface area contributed by atoms with Crippen molar-refractivity contribution in [2.45, 2.75) is 24.7 Å². The summed E-state index contributed by atoms with van der Waals surface area (Å²) in [6.45, 7) is 1.40. The fourth-order valence-corrected chi connectivity index (χ4v) is 3.94. The molecule has 156 valence electrons. The summed E-state index contributed by atoms with van der Waals surface area (Å²) < 4.78 is 45.2. The van der Waals surface area contributed by atoms with Crippen LogP contribution in [-0.2, 0) is 21.2 Å². The lowest BCUT2D eigenvalue weighted by Crippen LogP contribution is -2.31. The van der Waals surface area contributed by atoms with E-state index >= 15 is 0 Å². The first-order chi connectivity index (χ1) is 14.2. The van der Waals surface area contributed by atoms with Crippen molar-refractivity contribution in [3.63, 3.8) is 0 Å². The number of rotatable bonds is 7. The monoisotopic (exact) mass is 433 g/mol. The van der Waals surface area contributed by atoms with Crippen LogP contribution in [0.1, 0.15) is 17.9 Å². The van der Waals surface area contributed by atoms with E-state index in [1.807, 2.05) is 4.72 Å². The fraction of sp³-hybridized carbons (Fsp3) is 0.158. The van der Waals surface area contributed by atoms with E-state index in [2.05, 4.69) is 4.98 Å². The highest BCUT2D eigenvalue weighted by Crippen LogP contribution is 2.22. The van der Waals surface area contributed by atoms with Crippen molar-refractivity contribution in [3.8, 4) is 11.3 Å². The molecule has 0 unspecified atom stereocenters. The molecule has 0 bridgehead atoms. The van der Waals surface area contributed by atoms with Gasteiger partial charge in [-0.05, 0) is 42.8 Å². The molecule has 1 N–H and O–H groups in total. The number of non-ortho nitro benzene ring substituents is 1. The molecule has 1 aromatic heterocycles. The second kappa shape index (κ2) is 8.41. The summed E-state index contributed by atoms with van der Waals surface area (Å²) in [6.07, 6.45) is 1.26. The molecule has 0 saturated heterocycles. The number of halogens is 1. The Labute approximate surface area is 170 Å². The standard InChI is InChI=1S/C19H16FN3O6S/c1-12-10-15(23(25)26)6-7-17(12)30(27,28)22-18(24)8-9-19-21-11-16(29-19)13-2-4-14(20)5-3-13/h2-7,10-11H,8-9H2,1H3,(H,22,24). The zero-order valence-corrected chi connectivity index (χ0v) is 16.5. The van der Waals surface area contributed by atoms with Crippen molar-refractivity contribution < 1.29 is 26.9 Å². The minimum absolute atomic E-state index is 0.0434. The minimum Gasteiger partial charge on any atom is -0.441 e. The first kappa shape index (κ1) is 21.1. The van der Waals surface area contributed by atoms with Crippen molar-refractivity contribution in [1.82, 2.24) is 9.71 Å². The molecule has 0 aliphatic rings. The maximum Gasteiger partial charge on any atom is 0.269 e. The number of nitrogens with zero attached hydrogens (tertiary/aromatic N) is 2. The highest BCUT2D eigenvalue weighted by Gasteiger charge is 2.22. The third-order valence-electron chi connectivity index (χ3n) is 4.16. The van der Waals surface area contributed by atoms with Crippen LogP contribution in [0.15, 0.2) is 58.0 Å². The predicted octanol–water partition coefficient (Wildman–Crippen LogP) is 3.14. The normalized spacial score (nSPS) is 11.3. The van der Waals surface area contributed by atoms with E-state index in [9.17, 15) is 27.7 Å². The largest absolute Gasteiger partial charge is 0.441 e. The van der Waals surface area contributed by atoms with E-state index < -0.39 is 20.9 Å². The number of hydrogen-bond donors (Lipinski definition) is 1. The summed E-state index contributed by atoms with van der Waals surface area (Å²) in [4.78, 5) is 26.0. The molecule has 1 heterocycles. The lowest BCUT2D eigenvalue weighted by Gasteiger charge is -2.09. The van der Waals surface area contributed by atoms with Gasteiger partial charge in [0, 0.05) is 30.5 Å². The third-order valence-corrected chi connectivity index (χ3v) is 5.69. The van der Waals surface area contributed by atoms with E-state index in [0.717, 1.165) is 18.2 Å². The number of amides is 1. The van der Waals surface area contributed by atoms with E-state index in [1.165, 1.54) is 37.4 Å². The van der Waals surface area contributed by atoms with Gasteiger partial charge in [0.2, 0.25) is 5.91 Å². The van der Waals surface area contributed by atoms with E-state index in [0.29, 0.717) is 11.3 Å². The van der Waals surface area contributed by atoms with Gasteiger partial charge in [0.05, 0.1) is 16.0 Å². The molecule has 1 amide bonds. The van der Waals surface area contributed by atoms with Crippen LogP contribution in [0.25, 0.3) is 11.3 Å². The van der Waals surface area contributed by atoms with Crippen LogP contribution in [0, 0.1) is 22.9 Å². The fourth-order valence-electron chi connectivity index (χ4n) is 2.70. The Balaban J connectivity index is 1.63. The summed E-state index contributed by atoms with van der Waals surface area (Å²) in [5, 5.41) is 10.8. The van der Waals surface area contributed by atoms with Gasteiger partial charge in [-0.1, -0.05) is 0 Å². The average Bonchev–Trinajstić information content (AvgIpc) is 3.15. The van der Waals surface area contributed by atoms with Crippen molar-refractivity contribution in [2.24, 2.45) is 0 Å². The number of oxazole rings is 1. The number of aromatic nitrogens is 1. The second-order valence-electron chi connectivity index (χ2n) is 6.36. The average molecular weight is 433 g/mol. The molecule has 9 nitrogen and oxygen atoms in total. The van der Waals surface area contributed by atoms with E-state index in [4.69, 9.17) is 4.42 Å². The van der Waals surface area contributed by atoms with Gasteiger partial charge in [0.15, 0.2) is 11.7 Å². The lowest BCUT2D eigenvalue weighted by atomic mass is 10.2. The lowest BCUT2D eigenvalue weighted by molar-refractivity contribution is -0.385. The number of nitro benzene ring substituents is 1. The van der Waals surface area contributed by atoms with Crippen LogP contribution in [0.4, 0.5) is 10.1 Å². The molecule has 3 aromatic rings. The molecule has 0 fully saturated rings. The Bertz CT molecular complexity index is 1210. The Morgan fingerprint density at radius 1 is 1.23 bits per heavy atom. The summed E-state index contributed by atoms with van der Waals surface area (Å²) in [6, 6.07) is 8.83. The quantitative estimate of drug-likeness (QED) is 0.447. The van der Waals surface area contributed by atoms with Crippen LogP contribution in [0.2, 0.25) is 0 Å². The van der Waals surface area contributed by atoms with Gasteiger partial charge < -0.3 is 4.42 Å². The van der Waals surface area contributed by atoms with Gasteiger partial charge >= 0.3 is 0 Å². The van der Waals surface area contributed by atoms with Gasteiger partial charge in [0.1, 0.15) is 5.82 Å². The Morgan fingerprint density at radius 3 is 2.57 bits per heavy atom. The maximum absolute atomic E-state index is 13.0. The summed E-state index contributed by atoms with van der Waals surface area (Å²) >= 11 is 0. The number of carbonyl (C=O) groups excluding carboxylic acids is 1. The summed E-state index contributed by atoms with van der Waals surface area (Å²) in [7, 11) is -4.19. The summed E-state index contributed by atoms with van der Waals surface area (Å²) in [5.41, 5.74) is 0.496. The Morgan fingerprint density at radius 2 is 1.93 bits per heavy atom. The molecular weight excluding hydrogens is 417 g/mol. The number of hydrogen-bond acceptors (Lipinski definition) is 7. The highest BCUT2D eigenvalue weighted by atomic mass is 32.2. The molecule has 0 aliphatic heterocycles. The molecule has 0 aliphatic carbocycles. The van der Waals surface area contributed by atoms with Crippen molar-refractivity contribution in [1.29, 1.82) is 0 Å². The maximum atomic E-state index is 13.0. The predicted molar refractivity (Wildman–Crippen MR) is 103 cm³/mol. The molecule has 2 aromatic carbocycles. The van der Waals surface area contributed by atoms with Gasteiger partial charge in [-0.3, -0.25) is 14.9 Å². The number of nitrogens with one attached hydrogen (secondary N) is 1. The topological polar surface area (TPSA) is 132 Å². The molecule has 30 heavy (non-hydrogen) atoms. The van der Waals surface area contributed by atoms with E-state index in [1.54, 1.807) is 0 Å². The van der Waals surface area contributed by atoms with E-state index in [-0.39, 0.29) is 40.7 Å². The molecule has 11 heteroatoms. The highest BCUT2D eigenvalue weighted by molar-refractivity contribution is 7.90. The minimum atomic E-state index is -4.19. The number of nitro groups is 1. The van der Waals surface area contributed by atoms with Gasteiger partial charge in [-0.2, -0.15) is 0 Å². The SMILES string of the molecule is Cc1cc([N+](=O)[O-])ccc1S(=O)(=O)NC(=O)CCc1ncc(-c2ccc(F)cc2)o1. The molecule has 0 radical (unpaired) electrons. The second-order valence-corrected chi connectivity index (χ2v) is 8.01. The molecule has 0 atom stereocenters. The van der Waals surface area contributed by atoms with Crippen molar-refractivity contribution in [3.05, 3.63) is 76.0 Å². The van der Waals surface area contributed by atoms with Gasteiger partial charge in [0.25, 0.3) is 15.7 Å². The number of sulfonamides is 1. The van der Waals surface area contributed by atoms with Crippen molar-refractivity contribution in [2.75, 3.05) is 0 Å². The number of carbonyl (C=O) groups is 1. The van der Waals surface area contributed by atoms with Crippen LogP contribution in [-0.4, -0.2) is 24.2 Å². The van der Waals surface area contributed by atoms with Gasteiger partial charge in [-0.15, -0.1) is 0 Å². The smallest absolute Gasteiger partial charge is 0.269 e. The van der Waals surface area contributed by atoms with Crippen LogP contribution >= 0.6 is 0 Å². The third kappa shape index (κ3) is 4.87. The van der Waals surface area contributed by atoms with Crippen LogP contribution in [0.5, 0.6) is 0 Å². The van der Waals surface area contributed by atoms with Gasteiger partial charge in [-0.25, -0.2) is 22.5 Å². The Hall–Kier alpha value is -3.60. The molecule has 0 spiro atoms. The number of benzene rings is 2. The molecular formula is C19H16FN3O6S. The zero-order valence-electron chi connectivity index (χ0n) is 15.7. The summed E-state index contributed by atoms with van der Waals surface area (Å²) in [5.74, 6) is -0.568.